The van der Waals surface area contributed by atoms with Crippen molar-refractivity contribution in [1.82, 2.24) is 19.5 Å². The molecule has 0 bridgehead atoms. The van der Waals surface area contributed by atoms with Crippen molar-refractivity contribution >= 4 is 16.9 Å². The lowest BCUT2D eigenvalue weighted by atomic mass is 9.94. The van der Waals surface area contributed by atoms with Crippen molar-refractivity contribution < 1.29 is 0 Å². The summed E-state index contributed by atoms with van der Waals surface area (Å²) in [6, 6.07) is 10.8. The van der Waals surface area contributed by atoms with Crippen molar-refractivity contribution in [3.05, 3.63) is 48.2 Å². The van der Waals surface area contributed by atoms with E-state index >= 15 is 0 Å². The summed E-state index contributed by atoms with van der Waals surface area (Å²) < 4.78 is 2.43. The molecular formula is C19H23N5. The second-order valence-corrected chi connectivity index (χ2v) is 7.56. The lowest BCUT2D eigenvalue weighted by Crippen LogP contribution is -2.49. The predicted molar refractivity (Wildman–Crippen MR) is 96.5 cm³/mol. The topological polar surface area (TPSA) is 46.8 Å². The minimum Gasteiger partial charge on any atom is -0.352 e. The number of para-hydroxylation sites is 2. The minimum absolute atomic E-state index is 0.0188. The van der Waals surface area contributed by atoms with Gasteiger partial charge in [-0.1, -0.05) is 32.9 Å². The SMILES string of the molecule is Cc1nccc(N2CC(n3c(C(C)(C)C)nc4ccccc43)C2)n1. The minimum atomic E-state index is 0.0188. The van der Waals surface area contributed by atoms with E-state index in [9.17, 15) is 0 Å². The molecule has 2 aromatic heterocycles. The van der Waals surface area contributed by atoms with Gasteiger partial charge in [-0.3, -0.25) is 0 Å². The maximum absolute atomic E-state index is 4.92. The van der Waals surface area contributed by atoms with E-state index in [2.05, 4.69) is 64.5 Å². The predicted octanol–water partition coefficient (Wildman–Crippen LogP) is 3.49. The summed E-state index contributed by atoms with van der Waals surface area (Å²) in [6.07, 6.45) is 1.83. The highest BCUT2D eigenvalue weighted by molar-refractivity contribution is 5.76. The molecule has 1 saturated heterocycles. The highest BCUT2D eigenvalue weighted by Crippen LogP contribution is 2.34. The third-order valence-corrected chi connectivity index (χ3v) is 4.58. The van der Waals surface area contributed by atoms with Crippen molar-refractivity contribution in [3.8, 4) is 0 Å². The molecule has 1 aliphatic rings. The van der Waals surface area contributed by atoms with Crippen LogP contribution in [-0.4, -0.2) is 32.6 Å². The van der Waals surface area contributed by atoms with Gasteiger partial charge in [0.25, 0.3) is 0 Å². The molecule has 0 unspecified atom stereocenters. The van der Waals surface area contributed by atoms with Gasteiger partial charge in [0.15, 0.2) is 0 Å². The van der Waals surface area contributed by atoms with Crippen LogP contribution in [0.3, 0.4) is 0 Å². The molecule has 4 rings (SSSR count). The van der Waals surface area contributed by atoms with Gasteiger partial charge in [0.1, 0.15) is 17.5 Å². The third-order valence-electron chi connectivity index (χ3n) is 4.58. The average Bonchev–Trinajstić information content (AvgIpc) is 2.86. The molecule has 0 spiro atoms. The number of imidazole rings is 1. The Labute approximate surface area is 142 Å². The first-order valence-electron chi connectivity index (χ1n) is 8.45. The average molecular weight is 321 g/mol. The zero-order chi connectivity index (χ0) is 16.9. The molecule has 1 aromatic carbocycles. The Morgan fingerprint density at radius 2 is 1.79 bits per heavy atom. The Balaban J connectivity index is 1.68. The van der Waals surface area contributed by atoms with E-state index in [1.807, 2.05) is 19.2 Å². The molecule has 124 valence electrons. The van der Waals surface area contributed by atoms with E-state index in [0.29, 0.717) is 6.04 Å². The standard InChI is InChI=1S/C19H23N5/c1-13-20-10-9-17(21-13)23-11-14(12-23)24-16-8-6-5-7-15(16)22-18(24)19(2,3)4/h5-10,14H,11-12H2,1-4H3. The van der Waals surface area contributed by atoms with Crippen LogP contribution >= 0.6 is 0 Å². The van der Waals surface area contributed by atoms with Gasteiger partial charge >= 0.3 is 0 Å². The van der Waals surface area contributed by atoms with E-state index in [1.54, 1.807) is 0 Å². The first-order chi connectivity index (χ1) is 11.4. The number of anilines is 1. The van der Waals surface area contributed by atoms with Crippen LogP contribution in [0.15, 0.2) is 36.5 Å². The van der Waals surface area contributed by atoms with Crippen molar-refractivity contribution in [1.29, 1.82) is 0 Å². The molecule has 3 aromatic rings. The number of hydrogen-bond acceptors (Lipinski definition) is 4. The van der Waals surface area contributed by atoms with Crippen molar-refractivity contribution in [2.24, 2.45) is 0 Å². The lowest BCUT2D eigenvalue weighted by Gasteiger charge is -2.42. The Morgan fingerprint density at radius 1 is 1.04 bits per heavy atom. The van der Waals surface area contributed by atoms with Crippen LogP contribution < -0.4 is 4.90 Å². The van der Waals surface area contributed by atoms with Crippen LogP contribution in [0.1, 0.15) is 38.5 Å². The van der Waals surface area contributed by atoms with Gasteiger partial charge in [0, 0.05) is 24.7 Å². The Kier molecular flexibility index (Phi) is 3.34. The van der Waals surface area contributed by atoms with Gasteiger partial charge < -0.3 is 9.47 Å². The number of hydrogen-bond donors (Lipinski definition) is 0. The van der Waals surface area contributed by atoms with E-state index in [4.69, 9.17) is 4.98 Å². The molecule has 3 heterocycles. The maximum Gasteiger partial charge on any atom is 0.132 e. The smallest absolute Gasteiger partial charge is 0.132 e. The number of rotatable bonds is 2. The summed E-state index contributed by atoms with van der Waals surface area (Å²) in [5.74, 6) is 2.99. The quantitative estimate of drug-likeness (QED) is 0.725. The van der Waals surface area contributed by atoms with Crippen molar-refractivity contribution in [2.45, 2.75) is 39.2 Å². The molecule has 24 heavy (non-hydrogen) atoms. The molecule has 1 fully saturated rings. The van der Waals surface area contributed by atoms with E-state index < -0.39 is 0 Å². The second-order valence-electron chi connectivity index (χ2n) is 7.56. The summed E-state index contributed by atoms with van der Waals surface area (Å²) in [6.45, 7) is 10.5. The fourth-order valence-corrected chi connectivity index (χ4v) is 3.37. The zero-order valence-corrected chi connectivity index (χ0v) is 14.7. The number of nitrogens with zero attached hydrogens (tertiary/aromatic N) is 5. The molecule has 0 saturated carbocycles. The summed E-state index contributed by atoms with van der Waals surface area (Å²) in [7, 11) is 0. The molecule has 0 radical (unpaired) electrons. The summed E-state index contributed by atoms with van der Waals surface area (Å²) in [5, 5.41) is 0. The van der Waals surface area contributed by atoms with E-state index in [0.717, 1.165) is 36.1 Å². The van der Waals surface area contributed by atoms with Crippen molar-refractivity contribution in [2.75, 3.05) is 18.0 Å². The lowest BCUT2D eigenvalue weighted by molar-refractivity contribution is 0.371. The molecule has 0 aliphatic carbocycles. The molecule has 5 nitrogen and oxygen atoms in total. The Bertz CT molecular complexity index is 884. The van der Waals surface area contributed by atoms with E-state index in [-0.39, 0.29) is 5.41 Å². The molecule has 0 atom stereocenters. The highest BCUT2D eigenvalue weighted by Gasteiger charge is 2.34. The van der Waals surface area contributed by atoms with Gasteiger partial charge in [-0.2, -0.15) is 0 Å². The third kappa shape index (κ3) is 2.44. The number of aryl methyl sites for hydroxylation is 1. The van der Waals surface area contributed by atoms with Crippen LogP contribution in [0, 0.1) is 6.92 Å². The zero-order valence-electron chi connectivity index (χ0n) is 14.7. The Morgan fingerprint density at radius 3 is 2.50 bits per heavy atom. The summed E-state index contributed by atoms with van der Waals surface area (Å²) in [4.78, 5) is 15.9. The first kappa shape index (κ1) is 15.1. The fourth-order valence-electron chi connectivity index (χ4n) is 3.37. The molecular weight excluding hydrogens is 298 g/mol. The number of fused-ring (bicyclic) bond motifs is 1. The maximum atomic E-state index is 4.92. The fraction of sp³-hybridized carbons (Fsp3) is 0.421. The molecule has 0 amide bonds. The number of benzene rings is 1. The van der Waals surface area contributed by atoms with Gasteiger partial charge in [0.05, 0.1) is 17.1 Å². The normalized spacial score (nSPS) is 15.8. The summed E-state index contributed by atoms with van der Waals surface area (Å²) >= 11 is 0. The molecule has 0 N–H and O–H groups in total. The Hall–Kier alpha value is -2.43. The number of aromatic nitrogens is 4. The molecule has 5 heteroatoms. The van der Waals surface area contributed by atoms with Gasteiger partial charge in [-0.25, -0.2) is 15.0 Å². The van der Waals surface area contributed by atoms with Gasteiger partial charge in [-0.15, -0.1) is 0 Å². The van der Waals surface area contributed by atoms with Gasteiger partial charge in [0.2, 0.25) is 0 Å². The summed E-state index contributed by atoms with van der Waals surface area (Å²) in [5.41, 5.74) is 2.33. The first-order valence-corrected chi connectivity index (χ1v) is 8.45. The van der Waals surface area contributed by atoms with Gasteiger partial charge in [-0.05, 0) is 25.1 Å². The van der Waals surface area contributed by atoms with Crippen LogP contribution in [0.5, 0.6) is 0 Å². The van der Waals surface area contributed by atoms with Crippen LogP contribution in [0.25, 0.3) is 11.0 Å². The monoisotopic (exact) mass is 321 g/mol. The highest BCUT2D eigenvalue weighted by atomic mass is 15.3. The van der Waals surface area contributed by atoms with Crippen LogP contribution in [0.2, 0.25) is 0 Å². The van der Waals surface area contributed by atoms with E-state index in [1.165, 1.54) is 5.52 Å². The van der Waals surface area contributed by atoms with Crippen LogP contribution in [0.4, 0.5) is 5.82 Å². The largest absolute Gasteiger partial charge is 0.352 e. The molecule has 1 aliphatic heterocycles. The van der Waals surface area contributed by atoms with Crippen molar-refractivity contribution in [3.63, 3.8) is 0 Å². The second kappa shape index (κ2) is 5.30. The van der Waals surface area contributed by atoms with Crippen LogP contribution in [-0.2, 0) is 5.41 Å².